The number of fused-ring (bicyclic) bond motifs is 2. The number of phenols is 2. The number of phenolic OH excluding ortho intramolecular Hbond substituents is 2. The van der Waals surface area contributed by atoms with Crippen LogP contribution in [-0.4, -0.2) is 142 Å². The van der Waals surface area contributed by atoms with Crippen LogP contribution in [-0.2, 0) is 35.4 Å². The lowest BCUT2D eigenvalue weighted by atomic mass is 9.99. The number of β-lactam (4-membered cyclic amide) rings is 1. The fourth-order valence-electron chi connectivity index (χ4n) is 7.07. The summed E-state index contributed by atoms with van der Waals surface area (Å²) in [6, 6.07) is 1.53. The summed E-state index contributed by atoms with van der Waals surface area (Å²) in [6.45, 7) is 4.46. The average Bonchev–Trinajstić information content (AvgIpc) is 3.83. The van der Waals surface area contributed by atoms with Crippen molar-refractivity contribution in [3.8, 4) is 11.5 Å². The molecule has 53 heavy (non-hydrogen) atoms. The Bertz CT molecular complexity index is 1960. The molecule has 1 aromatic carbocycles. The second-order valence-electron chi connectivity index (χ2n) is 13.1. The van der Waals surface area contributed by atoms with E-state index in [1.807, 2.05) is 6.92 Å². The van der Waals surface area contributed by atoms with Crippen molar-refractivity contribution in [3.05, 3.63) is 45.6 Å². The van der Waals surface area contributed by atoms with Crippen molar-refractivity contribution in [2.45, 2.75) is 55.5 Å². The third kappa shape index (κ3) is 7.18. The second-order valence-corrected chi connectivity index (χ2v) is 15.5. The highest BCUT2D eigenvalue weighted by Crippen LogP contribution is 2.45. The maximum Gasteiger partial charge on any atom is 0.352 e. The fraction of sp³-hybridized carbons (Fsp3) is 0.438. The Morgan fingerprint density at radius 3 is 2.49 bits per heavy atom. The topological polar surface area (TPSA) is 283 Å². The number of oxime groups is 1. The van der Waals surface area contributed by atoms with Crippen LogP contribution in [0, 0.1) is 0 Å². The molecule has 4 aliphatic rings. The molecule has 8 N–H and O–H groups in total. The predicted molar refractivity (Wildman–Crippen MR) is 186 cm³/mol. The summed E-state index contributed by atoms with van der Waals surface area (Å²) in [5.74, 6) is -7.10. The van der Waals surface area contributed by atoms with Gasteiger partial charge in [0.2, 0.25) is 6.10 Å². The zero-order valence-corrected chi connectivity index (χ0v) is 29.8. The van der Waals surface area contributed by atoms with Crippen LogP contribution in [0.5, 0.6) is 11.5 Å². The van der Waals surface area contributed by atoms with Crippen LogP contribution in [0.25, 0.3) is 0 Å². The number of carboxylic acid groups (broad SMARTS) is 3. The molecular formula is C32H36N7O12S2+. The number of carbonyl (C=O) groups is 6. The highest BCUT2D eigenvalue weighted by atomic mass is 32.2. The molecule has 0 aliphatic carbocycles. The number of nitrogen functional groups attached to an aromatic ring is 1. The minimum absolute atomic E-state index is 0.0299. The number of likely N-dealkylation sites (tertiary alicyclic amines) is 1. The van der Waals surface area contributed by atoms with Crippen LogP contribution in [0.4, 0.5) is 5.13 Å². The van der Waals surface area contributed by atoms with Crippen LogP contribution in [0.1, 0.15) is 47.8 Å². The highest BCUT2D eigenvalue weighted by molar-refractivity contribution is 8.00. The van der Waals surface area contributed by atoms with Crippen molar-refractivity contribution < 1.29 is 63.6 Å². The molecule has 4 aliphatic heterocycles. The van der Waals surface area contributed by atoms with Gasteiger partial charge in [0.15, 0.2) is 22.3 Å². The molecule has 0 spiro atoms. The molecule has 3 amide bonds. The number of hydrogen-bond acceptors (Lipinski definition) is 14. The summed E-state index contributed by atoms with van der Waals surface area (Å²) in [5, 5.41) is 55.3. The number of thioether (sulfide) groups is 1. The van der Waals surface area contributed by atoms with Gasteiger partial charge in [-0.05, 0) is 19.1 Å². The van der Waals surface area contributed by atoms with Crippen molar-refractivity contribution in [3.63, 3.8) is 0 Å². The van der Waals surface area contributed by atoms with E-state index in [1.165, 1.54) is 29.3 Å². The SMILES string of the molecule is C[C@@H]1S[C@@H]2[C@H](NC(=O)/C(=N\O[C@@H](CC(=O)O)C(=O)O)c3csc(N)n3)C(=O)N2C(C(=O)O)=C1C[N+]1(CCN2Cc3c(ccc(O)c3O)C2=O)CCCC1. The number of rotatable bonds is 14. The lowest BCUT2D eigenvalue weighted by molar-refractivity contribution is -0.911. The van der Waals surface area contributed by atoms with Gasteiger partial charge in [-0.15, -0.1) is 23.1 Å². The van der Waals surface area contributed by atoms with E-state index in [0.29, 0.717) is 53.9 Å². The molecule has 2 aromatic rings. The molecule has 0 radical (unpaired) electrons. The number of nitrogens with one attached hydrogen (secondary N) is 1. The van der Waals surface area contributed by atoms with Crippen LogP contribution in [0.3, 0.4) is 0 Å². The van der Waals surface area contributed by atoms with Gasteiger partial charge in [0.25, 0.3) is 17.7 Å². The number of nitrogens with zero attached hydrogens (tertiary/aromatic N) is 5. The van der Waals surface area contributed by atoms with Gasteiger partial charge in [0, 0.05) is 40.2 Å². The zero-order chi connectivity index (χ0) is 38.4. The first-order valence-corrected chi connectivity index (χ1v) is 18.3. The number of benzene rings is 1. The molecule has 282 valence electrons. The first-order valence-electron chi connectivity index (χ1n) is 16.4. The van der Waals surface area contributed by atoms with E-state index in [0.717, 1.165) is 29.1 Å². The number of aromatic nitrogens is 1. The lowest BCUT2D eigenvalue weighted by Crippen LogP contribution is -2.71. The van der Waals surface area contributed by atoms with E-state index in [9.17, 15) is 49.2 Å². The minimum Gasteiger partial charge on any atom is -0.504 e. The van der Waals surface area contributed by atoms with Gasteiger partial charge < -0.3 is 50.8 Å². The smallest absolute Gasteiger partial charge is 0.352 e. The maximum atomic E-state index is 13.6. The van der Waals surface area contributed by atoms with E-state index in [2.05, 4.69) is 15.5 Å². The van der Waals surface area contributed by atoms with E-state index in [4.69, 9.17) is 15.7 Å². The number of thiazole rings is 1. The summed E-state index contributed by atoms with van der Waals surface area (Å²) >= 11 is 2.21. The van der Waals surface area contributed by atoms with Crippen molar-refractivity contribution in [1.29, 1.82) is 0 Å². The van der Waals surface area contributed by atoms with Crippen molar-refractivity contribution in [2.24, 2.45) is 5.16 Å². The zero-order valence-electron chi connectivity index (χ0n) is 28.1. The predicted octanol–water partition coefficient (Wildman–Crippen LogP) is 0.179. The maximum absolute atomic E-state index is 13.6. The molecule has 19 nitrogen and oxygen atoms in total. The molecule has 0 unspecified atom stereocenters. The summed E-state index contributed by atoms with van der Waals surface area (Å²) in [5.41, 5.74) is 6.02. The fourth-order valence-corrected chi connectivity index (χ4v) is 9.06. The lowest BCUT2D eigenvalue weighted by Gasteiger charge is -2.51. The van der Waals surface area contributed by atoms with Gasteiger partial charge in [-0.3, -0.25) is 24.1 Å². The van der Waals surface area contributed by atoms with Crippen molar-refractivity contribution >= 4 is 69.6 Å². The standard InChI is InChI=1S/C32H35N7O12S2/c1-14-17(12-39(7-2-3-8-39)9-6-37-11-16-15(27(37)45)4-5-19(40)25(16)43)24(31(49)50)38-28(46)23(29(38)53-14)35-26(44)22(18-13-52-32(33)34-18)36-51-20(30(47)48)10-21(41)42/h4-5,13-14,20,23,29H,2-3,6-12H2,1H3,(H7-,33,34,35,36,40,41,42,43,44,45,47,48,49,50)/p+1/t14-,20-,23+,29+/m0/s1. The third-order valence-corrected chi connectivity index (χ3v) is 11.9. The first kappa shape index (κ1) is 37.4. The molecule has 2 saturated heterocycles. The largest absolute Gasteiger partial charge is 0.504 e. The number of anilines is 1. The van der Waals surface area contributed by atoms with Crippen molar-refractivity contribution in [1.82, 2.24) is 20.1 Å². The molecular weight excluding hydrogens is 739 g/mol. The van der Waals surface area contributed by atoms with Gasteiger partial charge in [0.1, 0.15) is 29.4 Å². The number of aliphatic carboxylic acids is 3. The third-order valence-electron chi connectivity index (χ3n) is 9.79. The van der Waals surface area contributed by atoms with E-state index in [1.54, 1.807) is 4.90 Å². The molecule has 0 bridgehead atoms. The quantitative estimate of drug-likeness (QED) is 0.0443. The Morgan fingerprint density at radius 1 is 1.15 bits per heavy atom. The van der Waals surface area contributed by atoms with Gasteiger partial charge in [-0.25, -0.2) is 14.6 Å². The normalized spacial score (nSPS) is 22.6. The molecule has 6 rings (SSSR count). The Morgan fingerprint density at radius 2 is 1.87 bits per heavy atom. The Hall–Kier alpha value is -5.41. The minimum atomic E-state index is -1.94. The van der Waals surface area contributed by atoms with Gasteiger partial charge in [0.05, 0.1) is 39.1 Å². The number of carbonyl (C=O) groups excluding carboxylic acids is 3. The van der Waals surface area contributed by atoms with Crippen LogP contribution < -0.4 is 11.1 Å². The van der Waals surface area contributed by atoms with Gasteiger partial charge in [-0.1, -0.05) is 5.16 Å². The number of carboxylic acids is 3. The number of hydrogen-bond donors (Lipinski definition) is 7. The number of nitrogens with two attached hydrogens (primary N) is 1. The van der Waals surface area contributed by atoms with E-state index < -0.39 is 64.6 Å². The Balaban J connectivity index is 1.20. The Kier molecular flexibility index (Phi) is 10.3. The van der Waals surface area contributed by atoms with E-state index in [-0.39, 0.29) is 40.5 Å². The molecule has 0 saturated carbocycles. The summed E-state index contributed by atoms with van der Waals surface area (Å²) < 4.78 is 0.469. The molecule has 4 atom stereocenters. The number of aromatic hydroxyl groups is 2. The molecule has 2 fully saturated rings. The molecule has 1 aromatic heterocycles. The van der Waals surface area contributed by atoms with E-state index >= 15 is 0 Å². The summed E-state index contributed by atoms with van der Waals surface area (Å²) in [7, 11) is 0. The van der Waals surface area contributed by atoms with Gasteiger partial charge >= 0.3 is 17.9 Å². The molecule has 5 heterocycles. The van der Waals surface area contributed by atoms with Crippen molar-refractivity contribution in [2.75, 3.05) is 38.5 Å². The second kappa shape index (κ2) is 14.5. The first-order chi connectivity index (χ1) is 25.1. The Labute approximate surface area is 308 Å². The van der Waals surface area contributed by atoms with Crippen LogP contribution in [0.2, 0.25) is 0 Å². The summed E-state index contributed by atoms with van der Waals surface area (Å²) in [6.07, 6.45) is -1.16. The average molecular weight is 775 g/mol. The highest BCUT2D eigenvalue weighted by Gasteiger charge is 2.57. The molecule has 21 heteroatoms. The van der Waals surface area contributed by atoms with Gasteiger partial charge in [-0.2, -0.15) is 0 Å². The number of quaternary nitrogens is 1. The van der Waals surface area contributed by atoms with Crippen LogP contribution in [0.15, 0.2) is 33.9 Å². The number of amides is 3. The van der Waals surface area contributed by atoms with Crippen LogP contribution >= 0.6 is 23.1 Å². The monoisotopic (exact) mass is 774 g/mol. The summed E-state index contributed by atoms with van der Waals surface area (Å²) in [4.78, 5) is 87.3.